The van der Waals surface area contributed by atoms with Crippen molar-refractivity contribution in [3.05, 3.63) is 78.1 Å². The van der Waals surface area contributed by atoms with E-state index in [0.717, 1.165) is 22.0 Å². The van der Waals surface area contributed by atoms with E-state index in [1.807, 2.05) is 42.5 Å². The van der Waals surface area contributed by atoms with Crippen molar-refractivity contribution >= 4 is 33.9 Å². The minimum atomic E-state index is -0.111. The summed E-state index contributed by atoms with van der Waals surface area (Å²) >= 11 is 0. The molecule has 0 unspecified atom stereocenters. The van der Waals surface area contributed by atoms with Crippen LogP contribution in [0.1, 0.15) is 17.5 Å². The van der Waals surface area contributed by atoms with Crippen molar-refractivity contribution in [1.29, 1.82) is 0 Å². The maximum absolute atomic E-state index is 12.1. The minimum Gasteiger partial charge on any atom is -0.347 e. The van der Waals surface area contributed by atoms with Gasteiger partial charge < -0.3 is 4.57 Å². The van der Waals surface area contributed by atoms with Gasteiger partial charge in [-0.15, -0.1) is 0 Å². The van der Waals surface area contributed by atoms with Gasteiger partial charge in [-0.3, -0.25) is 9.78 Å². The highest BCUT2D eigenvalue weighted by atomic mass is 16.2. The Bertz CT molecular complexity index is 1140. The molecule has 4 rings (SSSR count). The smallest absolute Gasteiger partial charge is 0.241 e. The average molecular weight is 356 g/mol. The Morgan fingerprint density at radius 3 is 3.00 bits per heavy atom. The summed E-state index contributed by atoms with van der Waals surface area (Å²) in [6.45, 7) is 2.71. The predicted octanol–water partition coefficient (Wildman–Crippen LogP) is 4.04. The lowest BCUT2D eigenvalue weighted by molar-refractivity contribution is -0.121. The number of benzene rings is 2. The second-order valence-corrected chi connectivity index (χ2v) is 6.52. The van der Waals surface area contributed by atoms with Crippen molar-refractivity contribution in [2.75, 3.05) is 0 Å². The Morgan fingerprint density at radius 1 is 1.19 bits per heavy atom. The minimum absolute atomic E-state index is 0.111. The Balaban J connectivity index is 1.36. The number of aromatic nitrogens is 2. The summed E-state index contributed by atoms with van der Waals surface area (Å²) in [5.41, 5.74) is 6.77. The molecule has 2 aromatic carbocycles. The van der Waals surface area contributed by atoms with Gasteiger partial charge in [-0.1, -0.05) is 36.4 Å². The first-order valence-electron chi connectivity index (χ1n) is 8.92. The van der Waals surface area contributed by atoms with Crippen LogP contribution >= 0.6 is 0 Å². The van der Waals surface area contributed by atoms with Crippen LogP contribution < -0.4 is 5.43 Å². The molecule has 0 aliphatic rings. The van der Waals surface area contributed by atoms with Crippen molar-refractivity contribution in [3.63, 3.8) is 0 Å². The van der Waals surface area contributed by atoms with E-state index in [2.05, 4.69) is 45.3 Å². The normalized spacial score (nSPS) is 11.4. The third kappa shape index (κ3) is 3.72. The van der Waals surface area contributed by atoms with Crippen LogP contribution in [-0.2, 0) is 11.3 Å². The standard InChI is InChI=1S/C22H20N4O/c1-16-15-26(21-7-3-2-6-19(16)21)12-10-22(27)25-24-14-17-8-9-18-5-4-11-23-20(18)13-17/h2-9,11,13-15H,10,12H2,1H3,(H,25,27). The molecule has 4 aromatic rings. The first-order chi connectivity index (χ1) is 13.2. The SMILES string of the molecule is Cc1cn(CCC(=O)NN=Cc2ccc3cccnc3c2)c2ccccc12. The molecule has 2 heterocycles. The molecule has 0 aliphatic carbocycles. The number of pyridine rings is 1. The van der Waals surface area contributed by atoms with Crippen LogP contribution in [-0.4, -0.2) is 21.7 Å². The highest BCUT2D eigenvalue weighted by Gasteiger charge is 2.06. The molecule has 5 nitrogen and oxygen atoms in total. The van der Waals surface area contributed by atoms with E-state index < -0.39 is 0 Å². The fourth-order valence-corrected chi connectivity index (χ4v) is 3.24. The number of para-hydroxylation sites is 1. The van der Waals surface area contributed by atoms with Crippen molar-refractivity contribution in [2.24, 2.45) is 5.10 Å². The Kier molecular flexibility index (Phi) is 4.66. The van der Waals surface area contributed by atoms with Crippen LogP contribution in [0, 0.1) is 6.92 Å². The highest BCUT2D eigenvalue weighted by Crippen LogP contribution is 2.20. The van der Waals surface area contributed by atoms with Gasteiger partial charge in [0.05, 0.1) is 11.7 Å². The monoisotopic (exact) mass is 356 g/mol. The van der Waals surface area contributed by atoms with Crippen LogP contribution in [0.5, 0.6) is 0 Å². The Hall–Kier alpha value is -3.47. The number of nitrogens with one attached hydrogen (secondary N) is 1. The third-order valence-electron chi connectivity index (χ3n) is 4.60. The molecule has 5 heteroatoms. The van der Waals surface area contributed by atoms with Crippen LogP contribution in [0.2, 0.25) is 0 Å². The zero-order valence-corrected chi connectivity index (χ0v) is 15.1. The lowest BCUT2D eigenvalue weighted by Gasteiger charge is -2.04. The van der Waals surface area contributed by atoms with Gasteiger partial charge in [-0.05, 0) is 36.2 Å². The molecular weight excluding hydrogens is 336 g/mol. The predicted molar refractivity (Wildman–Crippen MR) is 109 cm³/mol. The van der Waals surface area contributed by atoms with Gasteiger partial charge in [0.2, 0.25) is 5.91 Å². The fraction of sp³-hybridized carbons (Fsp3) is 0.136. The number of rotatable bonds is 5. The number of carbonyl (C=O) groups excluding carboxylic acids is 1. The maximum atomic E-state index is 12.1. The molecule has 27 heavy (non-hydrogen) atoms. The average Bonchev–Trinajstić information content (AvgIpc) is 3.02. The lowest BCUT2D eigenvalue weighted by atomic mass is 10.1. The number of carbonyl (C=O) groups is 1. The number of hydrogen-bond acceptors (Lipinski definition) is 3. The first-order valence-corrected chi connectivity index (χ1v) is 8.92. The second-order valence-electron chi connectivity index (χ2n) is 6.52. The van der Waals surface area contributed by atoms with Crippen LogP contribution in [0.3, 0.4) is 0 Å². The molecule has 2 aromatic heterocycles. The fourth-order valence-electron chi connectivity index (χ4n) is 3.24. The van der Waals surface area contributed by atoms with E-state index in [1.54, 1.807) is 12.4 Å². The number of amides is 1. The highest BCUT2D eigenvalue weighted by molar-refractivity contribution is 5.89. The molecule has 0 saturated carbocycles. The largest absolute Gasteiger partial charge is 0.347 e. The number of aryl methyl sites for hydroxylation is 2. The van der Waals surface area contributed by atoms with Crippen molar-refractivity contribution in [3.8, 4) is 0 Å². The van der Waals surface area contributed by atoms with E-state index in [9.17, 15) is 4.79 Å². The summed E-state index contributed by atoms with van der Waals surface area (Å²) in [6, 6.07) is 18.0. The number of hydrazone groups is 1. The summed E-state index contributed by atoms with van der Waals surface area (Å²) in [5, 5.41) is 6.37. The molecule has 0 saturated heterocycles. The van der Waals surface area contributed by atoms with Crippen LogP contribution in [0.4, 0.5) is 0 Å². The van der Waals surface area contributed by atoms with Gasteiger partial charge in [0.15, 0.2) is 0 Å². The number of hydrogen-bond donors (Lipinski definition) is 1. The number of nitrogens with zero attached hydrogens (tertiary/aromatic N) is 3. The zero-order valence-electron chi connectivity index (χ0n) is 15.1. The summed E-state index contributed by atoms with van der Waals surface area (Å²) in [7, 11) is 0. The molecule has 134 valence electrons. The van der Waals surface area contributed by atoms with Gasteiger partial charge >= 0.3 is 0 Å². The van der Waals surface area contributed by atoms with E-state index in [0.29, 0.717) is 13.0 Å². The van der Waals surface area contributed by atoms with Crippen molar-refractivity contribution in [2.45, 2.75) is 19.9 Å². The van der Waals surface area contributed by atoms with Crippen molar-refractivity contribution < 1.29 is 4.79 Å². The first kappa shape index (κ1) is 17.0. The van der Waals surface area contributed by atoms with E-state index >= 15 is 0 Å². The van der Waals surface area contributed by atoms with Crippen LogP contribution in [0.15, 0.2) is 72.1 Å². The van der Waals surface area contributed by atoms with Gasteiger partial charge in [0, 0.05) is 41.6 Å². The molecule has 1 N–H and O–H groups in total. The molecule has 0 aliphatic heterocycles. The van der Waals surface area contributed by atoms with Gasteiger partial charge in [-0.2, -0.15) is 5.10 Å². The zero-order chi connectivity index (χ0) is 18.6. The maximum Gasteiger partial charge on any atom is 0.241 e. The molecule has 0 atom stereocenters. The summed E-state index contributed by atoms with van der Waals surface area (Å²) in [6.07, 6.45) is 5.86. The lowest BCUT2D eigenvalue weighted by Crippen LogP contribution is -2.19. The Labute approximate surface area is 157 Å². The van der Waals surface area contributed by atoms with Gasteiger partial charge in [0.1, 0.15) is 0 Å². The molecule has 0 bridgehead atoms. The topological polar surface area (TPSA) is 59.3 Å². The van der Waals surface area contributed by atoms with E-state index in [1.165, 1.54) is 10.9 Å². The molecule has 0 fully saturated rings. The molecule has 0 spiro atoms. The number of fused-ring (bicyclic) bond motifs is 2. The Morgan fingerprint density at radius 2 is 2.07 bits per heavy atom. The third-order valence-corrected chi connectivity index (χ3v) is 4.60. The van der Waals surface area contributed by atoms with E-state index in [-0.39, 0.29) is 5.91 Å². The molecule has 0 radical (unpaired) electrons. The van der Waals surface area contributed by atoms with Crippen LogP contribution in [0.25, 0.3) is 21.8 Å². The van der Waals surface area contributed by atoms with Gasteiger partial charge in [-0.25, -0.2) is 5.43 Å². The quantitative estimate of drug-likeness (QED) is 0.433. The molecular formula is C22H20N4O. The summed E-state index contributed by atoms with van der Waals surface area (Å²) in [4.78, 5) is 16.4. The summed E-state index contributed by atoms with van der Waals surface area (Å²) in [5.74, 6) is -0.111. The van der Waals surface area contributed by atoms with E-state index in [4.69, 9.17) is 0 Å². The van der Waals surface area contributed by atoms with Gasteiger partial charge in [0.25, 0.3) is 0 Å². The molecule has 1 amide bonds. The second kappa shape index (κ2) is 7.41. The van der Waals surface area contributed by atoms with Crippen molar-refractivity contribution in [1.82, 2.24) is 15.0 Å². The summed E-state index contributed by atoms with van der Waals surface area (Å²) < 4.78 is 2.11.